The molecule has 0 amide bonds. The van der Waals surface area contributed by atoms with E-state index >= 15 is 0 Å². The van der Waals surface area contributed by atoms with Crippen molar-refractivity contribution in [2.24, 2.45) is 0 Å². The molecule has 3 aromatic rings. The quantitative estimate of drug-likeness (QED) is 0.615. The summed E-state index contributed by atoms with van der Waals surface area (Å²) >= 11 is 12.4. The molecule has 0 bridgehead atoms. The number of pyridine rings is 1. The average Bonchev–Trinajstić information content (AvgIpc) is 2.98. The van der Waals surface area contributed by atoms with Gasteiger partial charge in [0.1, 0.15) is 5.65 Å². The Bertz CT molecular complexity index is 972. The van der Waals surface area contributed by atoms with Crippen molar-refractivity contribution in [2.75, 3.05) is 5.73 Å². The summed E-state index contributed by atoms with van der Waals surface area (Å²) in [4.78, 5) is 7.46. The van der Waals surface area contributed by atoms with Gasteiger partial charge in [-0.25, -0.2) is 4.98 Å². The Kier molecular flexibility index (Phi) is 5.06. The van der Waals surface area contributed by atoms with E-state index in [4.69, 9.17) is 33.9 Å². The summed E-state index contributed by atoms with van der Waals surface area (Å²) < 4.78 is 2.11. The minimum Gasteiger partial charge on any atom is -0.398 e. The van der Waals surface area contributed by atoms with E-state index in [1.807, 2.05) is 36.5 Å². The minimum absolute atomic E-state index is 0.538. The lowest BCUT2D eigenvalue weighted by Crippen LogP contribution is -2.43. The molecule has 142 valence electrons. The number of piperidine rings is 1. The number of rotatable bonds is 3. The smallest absolute Gasteiger partial charge is 0.137 e. The molecule has 0 radical (unpaired) electrons. The molecule has 27 heavy (non-hydrogen) atoms. The number of fused-ring (bicyclic) bond motifs is 1. The third kappa shape index (κ3) is 3.54. The Hall–Kier alpha value is -1.75. The van der Waals surface area contributed by atoms with E-state index in [1.165, 1.54) is 19.3 Å². The zero-order chi connectivity index (χ0) is 19.1. The molecule has 0 saturated carbocycles. The number of nitrogen functional groups attached to an aromatic ring is 1. The van der Waals surface area contributed by atoms with Crippen molar-refractivity contribution < 1.29 is 0 Å². The van der Waals surface area contributed by atoms with Gasteiger partial charge in [0.15, 0.2) is 0 Å². The number of nitrogens with two attached hydrogens (primary N) is 1. The molecule has 4 nitrogen and oxygen atoms in total. The fourth-order valence-corrected chi connectivity index (χ4v) is 4.39. The van der Waals surface area contributed by atoms with Crippen molar-refractivity contribution in [1.82, 2.24) is 14.3 Å². The summed E-state index contributed by atoms with van der Waals surface area (Å²) in [6.45, 7) is 5.45. The highest BCUT2D eigenvalue weighted by Gasteiger charge is 2.27. The van der Waals surface area contributed by atoms with Gasteiger partial charge in [-0.05, 0) is 51.0 Å². The van der Waals surface area contributed by atoms with Crippen molar-refractivity contribution in [3.05, 3.63) is 52.3 Å². The number of anilines is 1. The van der Waals surface area contributed by atoms with Gasteiger partial charge in [-0.2, -0.15) is 0 Å². The van der Waals surface area contributed by atoms with E-state index in [9.17, 15) is 0 Å². The zero-order valence-electron chi connectivity index (χ0n) is 15.6. The molecule has 1 aliphatic rings. The Morgan fingerprint density at radius 3 is 2.52 bits per heavy atom. The first-order valence-electron chi connectivity index (χ1n) is 9.41. The molecule has 1 fully saturated rings. The number of likely N-dealkylation sites (tertiary alicyclic amines) is 1. The average molecular weight is 403 g/mol. The van der Waals surface area contributed by atoms with Crippen molar-refractivity contribution >= 4 is 34.5 Å². The molecule has 3 heterocycles. The first-order chi connectivity index (χ1) is 12.9. The van der Waals surface area contributed by atoms with Crippen molar-refractivity contribution in [2.45, 2.75) is 51.7 Å². The van der Waals surface area contributed by atoms with Crippen molar-refractivity contribution in [3.63, 3.8) is 0 Å². The number of nitrogens with zero attached hydrogens (tertiary/aromatic N) is 3. The Balaban J connectivity index is 1.85. The maximum absolute atomic E-state index is 6.28. The summed E-state index contributed by atoms with van der Waals surface area (Å²) in [6.07, 6.45) is 5.70. The Morgan fingerprint density at radius 2 is 1.81 bits per heavy atom. The van der Waals surface area contributed by atoms with Gasteiger partial charge >= 0.3 is 0 Å². The fraction of sp³-hybridized carbons (Fsp3) is 0.381. The maximum atomic E-state index is 6.28. The second kappa shape index (κ2) is 7.34. The lowest BCUT2D eigenvalue weighted by atomic mass is 9.97. The van der Waals surface area contributed by atoms with E-state index in [1.54, 1.807) is 0 Å². The molecule has 4 rings (SSSR count). The van der Waals surface area contributed by atoms with Crippen LogP contribution in [0.25, 0.3) is 16.9 Å². The monoisotopic (exact) mass is 402 g/mol. The van der Waals surface area contributed by atoms with Crippen LogP contribution in [0, 0.1) is 0 Å². The van der Waals surface area contributed by atoms with Gasteiger partial charge in [0.25, 0.3) is 0 Å². The molecule has 2 atom stereocenters. The Morgan fingerprint density at radius 1 is 1.07 bits per heavy atom. The number of aromatic nitrogens is 2. The van der Waals surface area contributed by atoms with Gasteiger partial charge in [-0.15, -0.1) is 0 Å². The Labute approximate surface area is 169 Å². The number of benzene rings is 1. The van der Waals surface area contributed by atoms with Crippen LogP contribution in [0.1, 0.15) is 38.8 Å². The van der Waals surface area contributed by atoms with Gasteiger partial charge in [0, 0.05) is 36.1 Å². The number of hydrogen-bond donors (Lipinski definition) is 1. The van der Waals surface area contributed by atoms with Crippen LogP contribution in [-0.2, 0) is 6.54 Å². The van der Waals surface area contributed by atoms with Crippen LogP contribution in [0.5, 0.6) is 0 Å². The molecule has 2 unspecified atom stereocenters. The highest BCUT2D eigenvalue weighted by molar-refractivity contribution is 6.42. The summed E-state index contributed by atoms with van der Waals surface area (Å²) in [5.41, 5.74) is 10.7. The number of hydrogen-bond acceptors (Lipinski definition) is 3. The first kappa shape index (κ1) is 18.6. The van der Waals surface area contributed by atoms with E-state index < -0.39 is 0 Å². The molecule has 2 aromatic heterocycles. The van der Waals surface area contributed by atoms with Crippen LogP contribution < -0.4 is 5.73 Å². The van der Waals surface area contributed by atoms with Crippen LogP contribution in [0.4, 0.5) is 5.69 Å². The van der Waals surface area contributed by atoms with Crippen LogP contribution in [0.15, 0.2) is 36.5 Å². The second-order valence-electron chi connectivity index (χ2n) is 7.53. The zero-order valence-corrected chi connectivity index (χ0v) is 17.1. The van der Waals surface area contributed by atoms with Crippen LogP contribution in [-0.4, -0.2) is 26.4 Å². The van der Waals surface area contributed by atoms with E-state index in [2.05, 4.69) is 23.1 Å². The molecule has 1 saturated heterocycles. The highest BCUT2D eigenvalue weighted by atomic mass is 35.5. The number of halogens is 2. The highest BCUT2D eigenvalue weighted by Crippen LogP contribution is 2.33. The van der Waals surface area contributed by atoms with Crippen LogP contribution in [0.2, 0.25) is 10.0 Å². The predicted octanol–water partition coefficient (Wildman–Crippen LogP) is 5.65. The summed E-state index contributed by atoms with van der Waals surface area (Å²) in [7, 11) is 0. The molecule has 0 spiro atoms. The molecule has 2 N–H and O–H groups in total. The van der Waals surface area contributed by atoms with Crippen molar-refractivity contribution in [3.8, 4) is 11.3 Å². The lowest BCUT2D eigenvalue weighted by Gasteiger charge is -2.39. The lowest BCUT2D eigenvalue weighted by molar-refractivity contribution is 0.0937. The van der Waals surface area contributed by atoms with Gasteiger partial charge < -0.3 is 10.1 Å². The fourth-order valence-electron chi connectivity index (χ4n) is 4.09. The third-order valence-corrected chi connectivity index (χ3v) is 6.38. The van der Waals surface area contributed by atoms with Gasteiger partial charge in [0.2, 0.25) is 0 Å². The SMILES string of the molecule is CC1CCCC(C)N1Cc1c(-c2ccc(Cl)c(Cl)c2)nc2ccc(N)cn12. The largest absolute Gasteiger partial charge is 0.398 e. The molecular formula is C21H24Cl2N4. The summed E-state index contributed by atoms with van der Waals surface area (Å²) in [5.74, 6) is 0. The van der Waals surface area contributed by atoms with E-state index in [-0.39, 0.29) is 0 Å². The topological polar surface area (TPSA) is 46.6 Å². The third-order valence-electron chi connectivity index (χ3n) is 5.64. The molecule has 0 aliphatic carbocycles. The van der Waals surface area contributed by atoms with E-state index in [0.717, 1.165) is 34.8 Å². The standard InChI is InChI=1S/C21H24Cl2N4/c1-13-4-3-5-14(2)26(13)12-19-21(15-6-8-17(22)18(23)10-15)25-20-9-7-16(24)11-27(19)20/h6-11,13-14H,3-5,12,24H2,1-2H3. The molecule has 1 aliphatic heterocycles. The first-order valence-corrected chi connectivity index (χ1v) is 10.2. The normalized spacial score (nSPS) is 21.0. The predicted molar refractivity (Wildman–Crippen MR) is 113 cm³/mol. The van der Waals surface area contributed by atoms with Gasteiger partial charge in [-0.3, -0.25) is 4.90 Å². The second-order valence-corrected chi connectivity index (χ2v) is 8.34. The summed E-state index contributed by atoms with van der Waals surface area (Å²) in [6, 6.07) is 10.6. The maximum Gasteiger partial charge on any atom is 0.137 e. The van der Waals surface area contributed by atoms with Gasteiger partial charge in [0.05, 0.1) is 21.4 Å². The molecule has 6 heteroatoms. The van der Waals surface area contributed by atoms with Crippen molar-refractivity contribution in [1.29, 1.82) is 0 Å². The van der Waals surface area contributed by atoms with Gasteiger partial charge in [-0.1, -0.05) is 35.7 Å². The van der Waals surface area contributed by atoms with Crippen LogP contribution in [0.3, 0.4) is 0 Å². The minimum atomic E-state index is 0.538. The molecular weight excluding hydrogens is 379 g/mol. The number of imidazole rings is 1. The molecule has 1 aromatic carbocycles. The van der Waals surface area contributed by atoms with E-state index in [0.29, 0.717) is 22.1 Å². The van der Waals surface area contributed by atoms with Crippen LogP contribution >= 0.6 is 23.2 Å². The summed E-state index contributed by atoms with van der Waals surface area (Å²) in [5, 5.41) is 1.09.